The Balaban J connectivity index is 1.22. The number of anilines is 2. The van der Waals surface area contributed by atoms with E-state index in [-0.39, 0.29) is 40.0 Å². The van der Waals surface area contributed by atoms with Gasteiger partial charge in [-0.2, -0.15) is 0 Å². The van der Waals surface area contributed by atoms with Crippen molar-refractivity contribution in [3.05, 3.63) is 124 Å². The second kappa shape index (κ2) is 19.1. The van der Waals surface area contributed by atoms with E-state index in [9.17, 15) is 24.3 Å². The summed E-state index contributed by atoms with van der Waals surface area (Å²) in [4.78, 5) is 57.2. The first-order valence-corrected chi connectivity index (χ1v) is 18.0. The van der Waals surface area contributed by atoms with Gasteiger partial charge in [0.2, 0.25) is 0 Å². The first-order chi connectivity index (χ1) is 24.7. The number of nitrogens with zero attached hydrogens (tertiary/aromatic N) is 2. The predicted molar refractivity (Wildman–Crippen MR) is 205 cm³/mol. The third-order valence-electron chi connectivity index (χ3n) is 9.12. The minimum absolute atomic E-state index is 0.120. The number of phenolic OH excluding ortho intramolecular Hbond substituents is 1. The topological polar surface area (TPSA) is 119 Å². The Bertz CT molecular complexity index is 1800. The average molecular weight is 691 g/mol. The summed E-state index contributed by atoms with van der Waals surface area (Å²) < 4.78 is 0. The first-order valence-electron chi connectivity index (χ1n) is 18.0. The molecule has 4 aromatic rings. The molecule has 0 fully saturated rings. The minimum Gasteiger partial charge on any atom is -0.507 e. The van der Waals surface area contributed by atoms with Gasteiger partial charge in [-0.15, -0.1) is 0 Å². The monoisotopic (exact) mass is 690 g/mol. The standard InChI is InChI=1S/C42H50N4O5/c1-5-45(6-2)31-23-21-30(22-24-31)39(48)33-17-11-13-19-35(33)41(50)43-27-15-9-10-16-28-44-42(51)36-20-14-12-18-34(36)40(49)37-26-25-32(29-38(37)47)46(7-3)8-4/h11-14,17-26,29,47H,5-10,15-16,27-28H2,1-4H3,(H,43,50)(H,44,51). The van der Waals surface area contributed by atoms with E-state index in [0.717, 1.165) is 63.2 Å². The van der Waals surface area contributed by atoms with E-state index in [2.05, 4.69) is 34.3 Å². The molecule has 0 aliphatic rings. The molecule has 9 nitrogen and oxygen atoms in total. The van der Waals surface area contributed by atoms with Crippen molar-refractivity contribution in [2.75, 3.05) is 49.1 Å². The Morgan fingerprint density at radius 2 is 0.941 bits per heavy atom. The fraction of sp³-hybridized carbons (Fsp3) is 0.333. The molecule has 2 amide bonds. The lowest BCUT2D eigenvalue weighted by atomic mass is 9.97. The molecule has 0 radical (unpaired) electrons. The second-order valence-corrected chi connectivity index (χ2v) is 12.3. The molecule has 0 spiro atoms. The highest BCUT2D eigenvalue weighted by molar-refractivity contribution is 6.17. The van der Waals surface area contributed by atoms with Gasteiger partial charge in [0.1, 0.15) is 5.75 Å². The van der Waals surface area contributed by atoms with Crippen LogP contribution in [0.3, 0.4) is 0 Å². The van der Waals surface area contributed by atoms with Crippen LogP contribution >= 0.6 is 0 Å². The Morgan fingerprint density at radius 1 is 0.510 bits per heavy atom. The van der Waals surface area contributed by atoms with Crippen LogP contribution in [0.4, 0.5) is 11.4 Å². The zero-order valence-corrected chi connectivity index (χ0v) is 30.2. The number of hydrogen-bond acceptors (Lipinski definition) is 7. The number of hydrogen-bond donors (Lipinski definition) is 3. The van der Waals surface area contributed by atoms with Gasteiger partial charge in [-0.3, -0.25) is 19.2 Å². The molecule has 0 aromatic heterocycles. The van der Waals surface area contributed by atoms with E-state index in [1.165, 1.54) is 0 Å². The number of unbranched alkanes of at least 4 members (excludes halogenated alkanes) is 3. The van der Waals surface area contributed by atoms with Crippen molar-refractivity contribution in [3.8, 4) is 5.75 Å². The molecule has 4 aromatic carbocycles. The number of carbonyl (C=O) groups excluding carboxylic acids is 4. The van der Waals surface area contributed by atoms with E-state index in [1.54, 1.807) is 60.7 Å². The van der Waals surface area contributed by atoms with Crippen LogP contribution in [-0.4, -0.2) is 67.8 Å². The highest BCUT2D eigenvalue weighted by Crippen LogP contribution is 2.28. The molecule has 0 heterocycles. The largest absolute Gasteiger partial charge is 0.507 e. The summed E-state index contributed by atoms with van der Waals surface area (Å²) >= 11 is 0. The van der Waals surface area contributed by atoms with Crippen LogP contribution in [0.15, 0.2) is 91.0 Å². The molecular weight excluding hydrogens is 640 g/mol. The molecule has 0 bridgehead atoms. The molecule has 4 rings (SSSR count). The maximum Gasteiger partial charge on any atom is 0.252 e. The number of carbonyl (C=O) groups is 4. The Hall–Kier alpha value is -5.44. The maximum absolute atomic E-state index is 13.4. The van der Waals surface area contributed by atoms with Crippen LogP contribution in [0.2, 0.25) is 0 Å². The number of rotatable bonds is 19. The Kier molecular flexibility index (Phi) is 14.4. The summed E-state index contributed by atoms with van der Waals surface area (Å²) in [7, 11) is 0. The summed E-state index contributed by atoms with van der Waals surface area (Å²) in [5.74, 6) is -1.36. The third-order valence-corrected chi connectivity index (χ3v) is 9.12. The average Bonchev–Trinajstić information content (AvgIpc) is 3.16. The normalized spacial score (nSPS) is 10.7. The smallest absolute Gasteiger partial charge is 0.252 e. The SMILES string of the molecule is CCN(CC)c1ccc(C(=O)c2ccccc2C(=O)NCCCCCCNC(=O)c2ccccc2C(=O)c2ccc(N(CC)CC)cc2O)cc1. The van der Waals surface area contributed by atoms with Crippen molar-refractivity contribution in [2.24, 2.45) is 0 Å². The molecule has 51 heavy (non-hydrogen) atoms. The molecule has 3 N–H and O–H groups in total. The van der Waals surface area contributed by atoms with E-state index in [0.29, 0.717) is 29.8 Å². The van der Waals surface area contributed by atoms with E-state index in [4.69, 9.17) is 0 Å². The van der Waals surface area contributed by atoms with Gasteiger partial charge in [-0.1, -0.05) is 49.2 Å². The van der Waals surface area contributed by atoms with Crippen molar-refractivity contribution in [1.29, 1.82) is 0 Å². The van der Waals surface area contributed by atoms with Crippen molar-refractivity contribution >= 4 is 34.8 Å². The lowest BCUT2D eigenvalue weighted by Crippen LogP contribution is -2.27. The predicted octanol–water partition coefficient (Wildman–Crippen LogP) is 7.27. The summed E-state index contributed by atoms with van der Waals surface area (Å²) in [5.41, 5.74) is 3.77. The van der Waals surface area contributed by atoms with Crippen LogP contribution in [0.5, 0.6) is 5.75 Å². The van der Waals surface area contributed by atoms with Gasteiger partial charge in [0.15, 0.2) is 11.6 Å². The van der Waals surface area contributed by atoms with E-state index >= 15 is 0 Å². The van der Waals surface area contributed by atoms with Crippen molar-refractivity contribution in [2.45, 2.75) is 53.4 Å². The van der Waals surface area contributed by atoms with Crippen LogP contribution in [0, 0.1) is 0 Å². The van der Waals surface area contributed by atoms with Crippen LogP contribution in [0.25, 0.3) is 0 Å². The molecule has 0 saturated heterocycles. The van der Waals surface area contributed by atoms with Gasteiger partial charge in [-0.25, -0.2) is 0 Å². The Morgan fingerprint density at radius 3 is 1.41 bits per heavy atom. The number of nitrogens with one attached hydrogen (secondary N) is 2. The van der Waals surface area contributed by atoms with Crippen molar-refractivity contribution < 1.29 is 24.3 Å². The van der Waals surface area contributed by atoms with Crippen molar-refractivity contribution in [1.82, 2.24) is 10.6 Å². The van der Waals surface area contributed by atoms with Gasteiger partial charge in [0.25, 0.3) is 11.8 Å². The number of ketones is 2. The molecule has 0 aliphatic heterocycles. The Labute approximate surface area is 301 Å². The molecule has 0 atom stereocenters. The molecule has 9 heteroatoms. The second-order valence-electron chi connectivity index (χ2n) is 12.3. The lowest BCUT2D eigenvalue weighted by Gasteiger charge is -2.21. The zero-order valence-electron chi connectivity index (χ0n) is 30.2. The minimum atomic E-state index is -0.414. The summed E-state index contributed by atoms with van der Waals surface area (Å²) in [6, 6.07) is 26.0. The van der Waals surface area contributed by atoms with Crippen LogP contribution in [0.1, 0.15) is 106 Å². The quantitative estimate of drug-likeness (QED) is 0.0700. The molecule has 0 unspecified atom stereocenters. The fourth-order valence-corrected chi connectivity index (χ4v) is 6.17. The van der Waals surface area contributed by atoms with Gasteiger partial charge >= 0.3 is 0 Å². The zero-order chi connectivity index (χ0) is 36.8. The number of phenols is 1. The fourth-order valence-electron chi connectivity index (χ4n) is 6.17. The number of aromatic hydroxyl groups is 1. The van der Waals surface area contributed by atoms with Gasteiger partial charge in [0.05, 0.1) is 16.7 Å². The van der Waals surface area contributed by atoms with Gasteiger partial charge < -0.3 is 25.5 Å². The highest BCUT2D eigenvalue weighted by Gasteiger charge is 2.21. The van der Waals surface area contributed by atoms with Gasteiger partial charge in [-0.05, 0) is 89.1 Å². The number of benzene rings is 4. The lowest BCUT2D eigenvalue weighted by molar-refractivity contribution is 0.0936. The van der Waals surface area contributed by atoms with Crippen LogP contribution < -0.4 is 20.4 Å². The molecule has 0 saturated carbocycles. The summed E-state index contributed by atoms with van der Waals surface area (Å²) in [6.45, 7) is 12.4. The van der Waals surface area contributed by atoms with Crippen molar-refractivity contribution in [3.63, 3.8) is 0 Å². The van der Waals surface area contributed by atoms with E-state index in [1.807, 2.05) is 44.2 Å². The highest BCUT2D eigenvalue weighted by atomic mass is 16.3. The maximum atomic E-state index is 13.4. The number of amides is 2. The molecule has 268 valence electrons. The molecule has 0 aliphatic carbocycles. The van der Waals surface area contributed by atoms with E-state index < -0.39 is 5.78 Å². The summed E-state index contributed by atoms with van der Waals surface area (Å²) in [5, 5.41) is 16.5. The molecular formula is C42H50N4O5. The van der Waals surface area contributed by atoms with Crippen LogP contribution in [-0.2, 0) is 0 Å². The third kappa shape index (κ3) is 9.84. The van der Waals surface area contributed by atoms with Gasteiger partial charge in [0, 0.05) is 73.4 Å². The first kappa shape index (κ1) is 38.4. The summed E-state index contributed by atoms with van der Waals surface area (Å²) in [6.07, 6.45) is 3.15.